The molecule has 5 heteroatoms. The minimum atomic E-state index is -0.150. The molecule has 0 heterocycles. The standard InChI is InChI=1S/C18H22N2O3/c1-20(2)15-8-5-13(6-9-15)12-19-18(21)14-7-10-16(22-3)17(11-14)23-4/h5-11H,12H2,1-4H3,(H,19,21). The van der Waals surface area contributed by atoms with E-state index in [1.54, 1.807) is 32.4 Å². The SMILES string of the molecule is COc1ccc(C(=O)NCc2ccc(N(C)C)cc2)cc1OC. The maximum absolute atomic E-state index is 12.2. The normalized spacial score (nSPS) is 10.1. The van der Waals surface area contributed by atoms with Gasteiger partial charge in [-0.2, -0.15) is 0 Å². The molecule has 1 amide bonds. The predicted molar refractivity (Wildman–Crippen MR) is 91.5 cm³/mol. The Hall–Kier alpha value is -2.69. The van der Waals surface area contributed by atoms with E-state index in [2.05, 4.69) is 5.32 Å². The Labute approximate surface area is 136 Å². The van der Waals surface area contributed by atoms with Crippen LogP contribution in [-0.2, 0) is 6.54 Å². The van der Waals surface area contributed by atoms with Crippen molar-refractivity contribution in [1.82, 2.24) is 5.32 Å². The number of hydrogen-bond donors (Lipinski definition) is 1. The van der Waals surface area contributed by atoms with E-state index in [1.807, 2.05) is 43.3 Å². The molecular weight excluding hydrogens is 292 g/mol. The van der Waals surface area contributed by atoms with E-state index in [0.29, 0.717) is 23.6 Å². The summed E-state index contributed by atoms with van der Waals surface area (Å²) in [5.74, 6) is 0.987. The van der Waals surface area contributed by atoms with E-state index in [9.17, 15) is 4.79 Å². The summed E-state index contributed by atoms with van der Waals surface area (Å²) in [5, 5.41) is 2.90. The maximum Gasteiger partial charge on any atom is 0.251 e. The first-order chi connectivity index (χ1) is 11.0. The summed E-state index contributed by atoms with van der Waals surface area (Å²) in [4.78, 5) is 14.3. The Morgan fingerprint density at radius 2 is 1.65 bits per heavy atom. The third-order valence-corrected chi connectivity index (χ3v) is 3.55. The number of nitrogens with one attached hydrogen (secondary N) is 1. The molecule has 0 bridgehead atoms. The minimum Gasteiger partial charge on any atom is -0.493 e. The van der Waals surface area contributed by atoms with Gasteiger partial charge in [0.25, 0.3) is 5.91 Å². The number of benzene rings is 2. The Bertz CT molecular complexity index is 666. The van der Waals surface area contributed by atoms with Gasteiger partial charge in [-0.05, 0) is 35.9 Å². The lowest BCUT2D eigenvalue weighted by molar-refractivity contribution is 0.0950. The minimum absolute atomic E-state index is 0.150. The molecule has 2 aromatic carbocycles. The van der Waals surface area contributed by atoms with Crippen LogP contribution in [0.25, 0.3) is 0 Å². The molecule has 0 saturated heterocycles. The first kappa shape index (κ1) is 16.7. The highest BCUT2D eigenvalue weighted by Gasteiger charge is 2.10. The predicted octanol–water partition coefficient (Wildman–Crippen LogP) is 2.70. The third-order valence-electron chi connectivity index (χ3n) is 3.55. The van der Waals surface area contributed by atoms with E-state index in [0.717, 1.165) is 11.3 Å². The summed E-state index contributed by atoms with van der Waals surface area (Å²) in [6, 6.07) is 13.2. The maximum atomic E-state index is 12.2. The second-order valence-corrected chi connectivity index (χ2v) is 5.31. The van der Waals surface area contributed by atoms with Crippen molar-refractivity contribution in [2.75, 3.05) is 33.2 Å². The molecule has 0 spiro atoms. The first-order valence-electron chi connectivity index (χ1n) is 7.31. The van der Waals surface area contributed by atoms with Crippen LogP contribution in [-0.4, -0.2) is 34.2 Å². The summed E-state index contributed by atoms with van der Waals surface area (Å²) >= 11 is 0. The van der Waals surface area contributed by atoms with Crippen molar-refractivity contribution < 1.29 is 14.3 Å². The average Bonchev–Trinajstić information content (AvgIpc) is 2.59. The van der Waals surface area contributed by atoms with Crippen molar-refractivity contribution >= 4 is 11.6 Å². The van der Waals surface area contributed by atoms with Crippen molar-refractivity contribution in [1.29, 1.82) is 0 Å². The molecule has 1 N–H and O–H groups in total. The van der Waals surface area contributed by atoms with Crippen LogP contribution in [0, 0.1) is 0 Å². The molecule has 0 aliphatic rings. The van der Waals surface area contributed by atoms with Gasteiger partial charge in [-0.25, -0.2) is 0 Å². The number of carbonyl (C=O) groups is 1. The number of methoxy groups -OCH3 is 2. The number of anilines is 1. The van der Waals surface area contributed by atoms with Crippen molar-refractivity contribution in [3.63, 3.8) is 0 Å². The molecule has 0 aliphatic carbocycles. The molecule has 0 saturated carbocycles. The molecule has 2 rings (SSSR count). The molecule has 0 unspecified atom stereocenters. The summed E-state index contributed by atoms with van der Waals surface area (Å²) in [7, 11) is 7.10. The van der Waals surface area contributed by atoms with Gasteiger partial charge in [0.05, 0.1) is 14.2 Å². The van der Waals surface area contributed by atoms with E-state index in [4.69, 9.17) is 9.47 Å². The summed E-state index contributed by atoms with van der Waals surface area (Å²) in [6.07, 6.45) is 0. The lowest BCUT2D eigenvalue weighted by atomic mass is 10.1. The van der Waals surface area contributed by atoms with Gasteiger partial charge >= 0.3 is 0 Å². The second kappa shape index (κ2) is 7.54. The Balaban J connectivity index is 2.02. The van der Waals surface area contributed by atoms with Gasteiger partial charge in [0.15, 0.2) is 11.5 Å². The highest BCUT2D eigenvalue weighted by molar-refractivity contribution is 5.94. The van der Waals surface area contributed by atoms with Gasteiger partial charge in [-0.1, -0.05) is 12.1 Å². The van der Waals surface area contributed by atoms with Crippen LogP contribution < -0.4 is 19.7 Å². The number of ether oxygens (including phenoxy) is 2. The second-order valence-electron chi connectivity index (χ2n) is 5.31. The van der Waals surface area contributed by atoms with Gasteiger partial charge in [0, 0.05) is 31.9 Å². The topological polar surface area (TPSA) is 50.8 Å². The van der Waals surface area contributed by atoms with Crippen molar-refractivity contribution in [3.05, 3.63) is 53.6 Å². The van der Waals surface area contributed by atoms with Crippen molar-refractivity contribution in [3.8, 4) is 11.5 Å². The Morgan fingerprint density at radius 3 is 2.22 bits per heavy atom. The molecule has 5 nitrogen and oxygen atoms in total. The monoisotopic (exact) mass is 314 g/mol. The molecule has 0 aliphatic heterocycles. The molecule has 0 fully saturated rings. The Morgan fingerprint density at radius 1 is 1.00 bits per heavy atom. The smallest absolute Gasteiger partial charge is 0.251 e. The lowest BCUT2D eigenvalue weighted by Gasteiger charge is -2.13. The van der Waals surface area contributed by atoms with Gasteiger partial charge in [0.2, 0.25) is 0 Å². The number of rotatable bonds is 6. The number of nitrogens with zero attached hydrogens (tertiary/aromatic N) is 1. The summed E-state index contributed by atoms with van der Waals surface area (Å²) in [5.41, 5.74) is 2.71. The number of amides is 1. The molecule has 2 aromatic rings. The molecule has 23 heavy (non-hydrogen) atoms. The highest BCUT2D eigenvalue weighted by Crippen LogP contribution is 2.27. The van der Waals surface area contributed by atoms with Gasteiger partial charge in [-0.3, -0.25) is 4.79 Å². The van der Waals surface area contributed by atoms with Crippen LogP contribution in [0.5, 0.6) is 11.5 Å². The zero-order valence-corrected chi connectivity index (χ0v) is 13.9. The fourth-order valence-electron chi connectivity index (χ4n) is 2.17. The Kier molecular flexibility index (Phi) is 5.46. The molecule has 0 atom stereocenters. The number of hydrogen-bond acceptors (Lipinski definition) is 4. The first-order valence-corrected chi connectivity index (χ1v) is 7.31. The van der Waals surface area contributed by atoms with Crippen molar-refractivity contribution in [2.24, 2.45) is 0 Å². The molecule has 0 aromatic heterocycles. The van der Waals surface area contributed by atoms with Crippen LogP contribution in [0.15, 0.2) is 42.5 Å². The fraction of sp³-hybridized carbons (Fsp3) is 0.278. The molecule has 0 radical (unpaired) electrons. The van der Waals surface area contributed by atoms with Gasteiger partial charge < -0.3 is 19.7 Å². The fourth-order valence-corrected chi connectivity index (χ4v) is 2.17. The van der Waals surface area contributed by atoms with Gasteiger partial charge in [0.1, 0.15) is 0 Å². The highest BCUT2D eigenvalue weighted by atomic mass is 16.5. The van der Waals surface area contributed by atoms with E-state index in [1.165, 1.54) is 0 Å². The van der Waals surface area contributed by atoms with Crippen LogP contribution in [0.2, 0.25) is 0 Å². The van der Waals surface area contributed by atoms with E-state index < -0.39 is 0 Å². The van der Waals surface area contributed by atoms with E-state index in [-0.39, 0.29) is 5.91 Å². The molecule has 122 valence electrons. The van der Waals surface area contributed by atoms with Crippen molar-refractivity contribution in [2.45, 2.75) is 6.54 Å². The summed E-state index contributed by atoms with van der Waals surface area (Å²) < 4.78 is 10.4. The number of carbonyl (C=O) groups excluding carboxylic acids is 1. The largest absolute Gasteiger partial charge is 0.493 e. The van der Waals surface area contributed by atoms with Crippen LogP contribution in [0.4, 0.5) is 5.69 Å². The van der Waals surface area contributed by atoms with Gasteiger partial charge in [-0.15, -0.1) is 0 Å². The van der Waals surface area contributed by atoms with E-state index >= 15 is 0 Å². The lowest BCUT2D eigenvalue weighted by Crippen LogP contribution is -2.22. The van der Waals surface area contributed by atoms with Crippen LogP contribution in [0.1, 0.15) is 15.9 Å². The molecular formula is C18H22N2O3. The summed E-state index contributed by atoms with van der Waals surface area (Å²) in [6.45, 7) is 0.473. The van der Waals surface area contributed by atoms with Crippen LogP contribution >= 0.6 is 0 Å². The third kappa shape index (κ3) is 4.16. The van der Waals surface area contributed by atoms with Crippen LogP contribution in [0.3, 0.4) is 0 Å². The zero-order valence-electron chi connectivity index (χ0n) is 13.9. The average molecular weight is 314 g/mol. The zero-order chi connectivity index (χ0) is 16.8. The quantitative estimate of drug-likeness (QED) is 0.891.